The molecular weight excluding hydrogens is 455 g/mol. The third-order valence-corrected chi connectivity index (χ3v) is 7.44. The van der Waals surface area contributed by atoms with Crippen LogP contribution in [0.2, 0.25) is 0 Å². The van der Waals surface area contributed by atoms with Crippen molar-refractivity contribution in [3.05, 3.63) is 82.9 Å². The highest BCUT2D eigenvalue weighted by Gasteiger charge is 2.32. The summed E-state index contributed by atoms with van der Waals surface area (Å²) in [7, 11) is 0. The Balaban J connectivity index is 1.22. The van der Waals surface area contributed by atoms with E-state index in [0.717, 1.165) is 49.0 Å². The molecule has 0 radical (unpaired) electrons. The van der Waals surface area contributed by atoms with Gasteiger partial charge in [0.25, 0.3) is 5.91 Å². The van der Waals surface area contributed by atoms with Crippen molar-refractivity contribution < 1.29 is 14.0 Å². The summed E-state index contributed by atoms with van der Waals surface area (Å²) in [4.78, 5) is 28.1. The van der Waals surface area contributed by atoms with Gasteiger partial charge in [0.05, 0.1) is 5.69 Å². The molecule has 6 nitrogen and oxygen atoms in total. The van der Waals surface area contributed by atoms with Crippen molar-refractivity contribution in [2.45, 2.75) is 51.4 Å². The molecule has 1 N–H and O–H groups in total. The molecule has 1 aliphatic carbocycles. The number of carbonyl (C=O) groups excluding carboxylic acids is 2. The van der Waals surface area contributed by atoms with E-state index in [2.05, 4.69) is 5.32 Å². The molecule has 2 aromatic carbocycles. The molecule has 5 rings (SSSR count). The van der Waals surface area contributed by atoms with Crippen LogP contribution in [0.25, 0.3) is 5.69 Å². The van der Waals surface area contributed by atoms with Crippen molar-refractivity contribution in [3.63, 3.8) is 0 Å². The van der Waals surface area contributed by atoms with Gasteiger partial charge in [-0.05, 0) is 68.7 Å². The number of aromatic nitrogens is 2. The molecule has 1 aliphatic heterocycles. The van der Waals surface area contributed by atoms with E-state index < -0.39 is 0 Å². The van der Waals surface area contributed by atoms with Crippen LogP contribution in [0.4, 0.5) is 4.39 Å². The molecular formula is C29H33FN4O2. The number of carbonyl (C=O) groups is 2. The summed E-state index contributed by atoms with van der Waals surface area (Å²) in [5, 5.41) is 7.77. The Morgan fingerprint density at radius 2 is 1.67 bits per heavy atom. The number of likely N-dealkylation sites (tertiary alicyclic amines) is 1. The lowest BCUT2D eigenvalue weighted by Gasteiger charge is -2.31. The molecule has 0 unspecified atom stereocenters. The van der Waals surface area contributed by atoms with E-state index in [1.54, 1.807) is 18.2 Å². The highest BCUT2D eigenvalue weighted by molar-refractivity contribution is 5.94. The lowest BCUT2D eigenvalue weighted by Crippen LogP contribution is -2.43. The van der Waals surface area contributed by atoms with Gasteiger partial charge in [-0.2, -0.15) is 5.10 Å². The standard InChI is InChI=1S/C29H33FN4O2/c30-25-13-8-7-9-21(25)15-18-31-28(35)22-16-19-33(20-17-22)29(36)27-24-12-5-2-6-14-26(24)34(32-27)23-10-3-1-4-11-23/h1,3-4,7-11,13,22H,2,5-6,12,14-20H2,(H,31,35). The SMILES string of the molecule is O=C(NCCc1ccccc1F)C1CCN(C(=O)c2nn(-c3ccccc3)c3c2CCCCC3)CC1. The number of piperidine rings is 1. The molecule has 36 heavy (non-hydrogen) atoms. The van der Waals surface area contributed by atoms with Crippen LogP contribution < -0.4 is 5.32 Å². The first-order valence-electron chi connectivity index (χ1n) is 13.1. The fourth-order valence-corrected chi connectivity index (χ4v) is 5.39. The predicted octanol–water partition coefficient (Wildman–Crippen LogP) is 4.49. The summed E-state index contributed by atoms with van der Waals surface area (Å²) in [6.45, 7) is 1.48. The van der Waals surface area contributed by atoms with Crippen LogP contribution >= 0.6 is 0 Å². The van der Waals surface area contributed by atoms with Gasteiger partial charge in [0, 0.05) is 36.8 Å². The van der Waals surface area contributed by atoms with Crippen LogP contribution in [0.5, 0.6) is 0 Å². The quantitative estimate of drug-likeness (QED) is 0.520. The monoisotopic (exact) mass is 488 g/mol. The fraction of sp³-hybridized carbons (Fsp3) is 0.414. The third kappa shape index (κ3) is 5.20. The van der Waals surface area contributed by atoms with Crippen LogP contribution in [0.1, 0.15) is 59.4 Å². The highest BCUT2D eigenvalue weighted by atomic mass is 19.1. The summed E-state index contributed by atoms with van der Waals surface area (Å²) in [6.07, 6.45) is 6.86. The van der Waals surface area contributed by atoms with E-state index >= 15 is 0 Å². The maximum Gasteiger partial charge on any atom is 0.274 e. The average Bonchev–Trinajstić information content (AvgIpc) is 3.10. The molecule has 2 heterocycles. The van der Waals surface area contributed by atoms with E-state index in [1.165, 1.54) is 6.07 Å². The van der Waals surface area contributed by atoms with Gasteiger partial charge in [-0.25, -0.2) is 9.07 Å². The fourth-order valence-electron chi connectivity index (χ4n) is 5.39. The van der Waals surface area contributed by atoms with Crippen LogP contribution in [0.3, 0.4) is 0 Å². The van der Waals surface area contributed by atoms with Crippen molar-refractivity contribution in [1.29, 1.82) is 0 Å². The molecule has 1 aromatic heterocycles. The number of nitrogens with one attached hydrogen (secondary N) is 1. The van der Waals surface area contributed by atoms with E-state index in [4.69, 9.17) is 5.10 Å². The Morgan fingerprint density at radius 3 is 2.44 bits per heavy atom. The van der Waals surface area contributed by atoms with Crippen molar-refractivity contribution in [3.8, 4) is 5.69 Å². The van der Waals surface area contributed by atoms with E-state index in [9.17, 15) is 14.0 Å². The summed E-state index contributed by atoms with van der Waals surface area (Å²) < 4.78 is 15.8. The summed E-state index contributed by atoms with van der Waals surface area (Å²) in [5.41, 5.74) is 4.41. The van der Waals surface area contributed by atoms with Gasteiger partial charge in [0.1, 0.15) is 5.82 Å². The molecule has 0 bridgehead atoms. The Hall–Kier alpha value is -3.48. The molecule has 2 amide bonds. The van der Waals surface area contributed by atoms with Gasteiger partial charge in [-0.15, -0.1) is 0 Å². The zero-order valence-corrected chi connectivity index (χ0v) is 20.6. The largest absolute Gasteiger partial charge is 0.356 e. The van der Waals surface area contributed by atoms with E-state index in [1.807, 2.05) is 39.9 Å². The van der Waals surface area contributed by atoms with Crippen LogP contribution in [-0.2, 0) is 24.1 Å². The molecule has 3 aromatic rings. The Bertz CT molecular complexity index is 1220. The minimum absolute atomic E-state index is 0.0133. The zero-order valence-electron chi connectivity index (χ0n) is 20.6. The third-order valence-electron chi connectivity index (χ3n) is 7.44. The molecule has 0 spiro atoms. The Labute approximate surface area is 211 Å². The minimum Gasteiger partial charge on any atom is -0.356 e. The first-order chi connectivity index (χ1) is 17.6. The highest BCUT2D eigenvalue weighted by Crippen LogP contribution is 2.28. The second-order valence-corrected chi connectivity index (χ2v) is 9.78. The van der Waals surface area contributed by atoms with Crippen molar-refractivity contribution in [2.75, 3.05) is 19.6 Å². The summed E-state index contributed by atoms with van der Waals surface area (Å²) >= 11 is 0. The molecule has 0 atom stereocenters. The van der Waals surface area contributed by atoms with Crippen LogP contribution in [-0.4, -0.2) is 46.1 Å². The van der Waals surface area contributed by atoms with Gasteiger partial charge in [-0.3, -0.25) is 9.59 Å². The molecule has 1 saturated heterocycles. The number of amides is 2. The topological polar surface area (TPSA) is 67.2 Å². The minimum atomic E-state index is -0.244. The molecule has 1 fully saturated rings. The molecule has 2 aliphatic rings. The molecule has 7 heteroatoms. The van der Waals surface area contributed by atoms with Crippen LogP contribution in [0, 0.1) is 11.7 Å². The van der Waals surface area contributed by atoms with E-state index in [0.29, 0.717) is 50.2 Å². The summed E-state index contributed by atoms with van der Waals surface area (Å²) in [6, 6.07) is 16.7. The second kappa shape index (κ2) is 11.1. The van der Waals surface area contributed by atoms with Gasteiger partial charge >= 0.3 is 0 Å². The maximum atomic E-state index is 13.8. The second-order valence-electron chi connectivity index (χ2n) is 9.78. The number of hydrogen-bond donors (Lipinski definition) is 1. The van der Waals surface area contributed by atoms with E-state index in [-0.39, 0.29) is 23.5 Å². The average molecular weight is 489 g/mol. The zero-order chi connectivity index (χ0) is 24.9. The lowest BCUT2D eigenvalue weighted by atomic mass is 9.95. The normalized spacial score (nSPS) is 16.3. The number of hydrogen-bond acceptors (Lipinski definition) is 3. The number of para-hydroxylation sites is 1. The molecule has 0 saturated carbocycles. The van der Waals surface area contributed by atoms with Crippen LogP contribution in [0.15, 0.2) is 54.6 Å². The number of halogens is 1. The Kier molecular flexibility index (Phi) is 7.44. The van der Waals surface area contributed by atoms with Gasteiger partial charge < -0.3 is 10.2 Å². The number of nitrogens with zero attached hydrogens (tertiary/aromatic N) is 3. The lowest BCUT2D eigenvalue weighted by molar-refractivity contribution is -0.126. The van der Waals surface area contributed by atoms with Crippen molar-refractivity contribution in [1.82, 2.24) is 20.0 Å². The molecule has 188 valence electrons. The smallest absolute Gasteiger partial charge is 0.274 e. The summed E-state index contributed by atoms with van der Waals surface area (Å²) in [5.74, 6) is -0.415. The predicted molar refractivity (Wildman–Crippen MR) is 137 cm³/mol. The number of rotatable bonds is 6. The van der Waals surface area contributed by atoms with Crippen molar-refractivity contribution in [2.24, 2.45) is 5.92 Å². The first-order valence-corrected chi connectivity index (χ1v) is 13.1. The first kappa shape index (κ1) is 24.2. The Morgan fingerprint density at radius 1 is 0.944 bits per heavy atom. The number of fused-ring (bicyclic) bond motifs is 1. The van der Waals surface area contributed by atoms with Gasteiger partial charge in [0.15, 0.2) is 5.69 Å². The number of benzene rings is 2. The van der Waals surface area contributed by atoms with Gasteiger partial charge in [-0.1, -0.05) is 42.8 Å². The maximum absolute atomic E-state index is 13.8. The van der Waals surface area contributed by atoms with Gasteiger partial charge in [0.2, 0.25) is 5.91 Å². The van der Waals surface area contributed by atoms with Crippen molar-refractivity contribution >= 4 is 11.8 Å².